The van der Waals surface area contributed by atoms with Crippen molar-refractivity contribution in [1.29, 1.82) is 0 Å². The summed E-state index contributed by atoms with van der Waals surface area (Å²) in [4.78, 5) is 26.8. The topological polar surface area (TPSA) is 64.0 Å². The van der Waals surface area contributed by atoms with Crippen LogP contribution in [0.5, 0.6) is 0 Å². The highest BCUT2D eigenvalue weighted by molar-refractivity contribution is 7.12. The Hall–Kier alpha value is -2.73. The summed E-state index contributed by atoms with van der Waals surface area (Å²) in [5, 5.41) is 7.56. The third-order valence-electron chi connectivity index (χ3n) is 5.09. The first kappa shape index (κ1) is 21.0. The molecule has 29 heavy (non-hydrogen) atoms. The Kier molecular flexibility index (Phi) is 6.64. The number of aromatic nitrogens is 2. The van der Waals surface area contributed by atoms with Crippen molar-refractivity contribution in [2.45, 2.75) is 53.6 Å². The van der Waals surface area contributed by atoms with Crippen molar-refractivity contribution in [2.75, 3.05) is 0 Å². The maximum Gasteiger partial charge on any atom is 0.220 e. The summed E-state index contributed by atoms with van der Waals surface area (Å²) in [5.74, 6) is -0.0809. The largest absolute Gasteiger partial charge is 0.352 e. The highest BCUT2D eigenvalue weighted by atomic mass is 32.1. The van der Waals surface area contributed by atoms with Gasteiger partial charge in [0.15, 0.2) is 5.78 Å². The fourth-order valence-electron chi connectivity index (χ4n) is 3.44. The molecule has 3 aromatic rings. The van der Waals surface area contributed by atoms with Gasteiger partial charge in [0.2, 0.25) is 5.91 Å². The van der Waals surface area contributed by atoms with Crippen molar-refractivity contribution < 1.29 is 9.59 Å². The third kappa shape index (κ3) is 5.21. The second-order valence-corrected chi connectivity index (χ2v) is 8.78. The van der Waals surface area contributed by atoms with Crippen molar-refractivity contribution in [2.24, 2.45) is 0 Å². The van der Waals surface area contributed by atoms with Crippen LogP contribution < -0.4 is 5.32 Å². The minimum absolute atomic E-state index is 0.0324. The summed E-state index contributed by atoms with van der Waals surface area (Å²) in [6.45, 7) is 9.05. The molecular weight excluding hydrogens is 382 g/mol. The van der Waals surface area contributed by atoms with E-state index in [-0.39, 0.29) is 24.5 Å². The van der Waals surface area contributed by atoms with Crippen LogP contribution in [0.25, 0.3) is 0 Å². The Morgan fingerprint density at radius 1 is 1.07 bits per heavy atom. The van der Waals surface area contributed by atoms with E-state index >= 15 is 0 Å². The molecule has 0 radical (unpaired) electrons. The van der Waals surface area contributed by atoms with Crippen LogP contribution in [-0.4, -0.2) is 21.5 Å². The molecule has 1 N–H and O–H groups in total. The van der Waals surface area contributed by atoms with Crippen molar-refractivity contribution in [3.05, 3.63) is 74.2 Å². The summed E-state index contributed by atoms with van der Waals surface area (Å²) in [5.41, 5.74) is 4.93. The van der Waals surface area contributed by atoms with Gasteiger partial charge in [0.25, 0.3) is 0 Å². The van der Waals surface area contributed by atoms with Crippen LogP contribution >= 0.6 is 11.3 Å². The van der Waals surface area contributed by atoms with Gasteiger partial charge in [0.1, 0.15) is 0 Å². The fourth-order valence-corrected chi connectivity index (χ4v) is 4.39. The molecule has 0 spiro atoms. The summed E-state index contributed by atoms with van der Waals surface area (Å²) in [7, 11) is 0. The first-order chi connectivity index (χ1) is 13.8. The summed E-state index contributed by atoms with van der Waals surface area (Å²) >= 11 is 1.61. The smallest absolute Gasteiger partial charge is 0.220 e. The van der Waals surface area contributed by atoms with Gasteiger partial charge in [-0.2, -0.15) is 5.10 Å². The second kappa shape index (κ2) is 9.18. The van der Waals surface area contributed by atoms with Gasteiger partial charge in [-0.3, -0.25) is 14.3 Å². The highest BCUT2D eigenvalue weighted by Gasteiger charge is 2.16. The predicted octanol–water partition coefficient (Wildman–Crippen LogP) is 4.51. The molecule has 1 amide bonds. The lowest BCUT2D eigenvalue weighted by molar-refractivity contribution is -0.121. The van der Waals surface area contributed by atoms with Crippen LogP contribution in [-0.2, 0) is 17.9 Å². The first-order valence-corrected chi connectivity index (χ1v) is 10.6. The lowest BCUT2D eigenvalue weighted by atomic mass is 10.1. The van der Waals surface area contributed by atoms with Gasteiger partial charge in [-0.05, 0) is 39.3 Å². The minimum atomic E-state index is -0.113. The first-order valence-electron chi connectivity index (χ1n) is 9.79. The number of hydrogen-bond acceptors (Lipinski definition) is 4. The highest BCUT2D eigenvalue weighted by Crippen LogP contribution is 2.22. The number of Topliss-reactive ketones (excluding diaryl/α,β-unsaturated/α-hetero) is 1. The number of rotatable bonds is 8. The van der Waals surface area contributed by atoms with E-state index in [9.17, 15) is 9.59 Å². The van der Waals surface area contributed by atoms with E-state index in [1.807, 2.05) is 56.6 Å². The van der Waals surface area contributed by atoms with E-state index in [0.29, 0.717) is 13.1 Å². The van der Waals surface area contributed by atoms with E-state index in [2.05, 4.69) is 22.5 Å². The summed E-state index contributed by atoms with van der Waals surface area (Å²) in [6, 6.07) is 12.1. The van der Waals surface area contributed by atoms with Gasteiger partial charge >= 0.3 is 0 Å². The third-order valence-corrected chi connectivity index (χ3v) is 6.06. The van der Waals surface area contributed by atoms with Gasteiger partial charge in [-0.1, -0.05) is 30.3 Å². The predicted molar refractivity (Wildman–Crippen MR) is 116 cm³/mol. The average Bonchev–Trinajstić information content (AvgIpc) is 3.17. The number of thiophene rings is 1. The number of nitrogens with one attached hydrogen (secondary N) is 1. The zero-order valence-electron chi connectivity index (χ0n) is 17.4. The normalized spacial score (nSPS) is 10.9. The van der Waals surface area contributed by atoms with E-state index in [4.69, 9.17) is 0 Å². The van der Waals surface area contributed by atoms with Gasteiger partial charge in [0.05, 0.1) is 12.2 Å². The quantitative estimate of drug-likeness (QED) is 0.557. The summed E-state index contributed by atoms with van der Waals surface area (Å²) in [6.07, 6.45) is 0.428. The number of hydrogen-bond donors (Lipinski definition) is 1. The molecule has 0 fully saturated rings. The van der Waals surface area contributed by atoms with E-state index < -0.39 is 0 Å². The van der Waals surface area contributed by atoms with Crippen molar-refractivity contribution in [1.82, 2.24) is 15.1 Å². The maximum absolute atomic E-state index is 12.4. The molecule has 0 saturated carbocycles. The molecule has 0 atom stereocenters. The van der Waals surface area contributed by atoms with Crippen LogP contribution in [0, 0.1) is 27.7 Å². The Morgan fingerprint density at radius 3 is 2.45 bits per heavy atom. The zero-order valence-corrected chi connectivity index (χ0v) is 18.2. The number of benzene rings is 1. The van der Waals surface area contributed by atoms with Crippen LogP contribution in [0.4, 0.5) is 0 Å². The van der Waals surface area contributed by atoms with E-state index in [1.165, 1.54) is 5.56 Å². The average molecular weight is 410 g/mol. The Labute approximate surface area is 175 Å². The van der Waals surface area contributed by atoms with Gasteiger partial charge < -0.3 is 5.32 Å². The SMILES string of the molecule is Cc1cc(C(=O)CCC(=O)NCc2c(C)nn(Cc3ccccc3)c2C)c(C)s1. The molecule has 2 heterocycles. The van der Waals surface area contributed by atoms with Crippen molar-refractivity contribution in [3.8, 4) is 0 Å². The number of amides is 1. The van der Waals surface area contributed by atoms with E-state index in [0.717, 1.165) is 32.3 Å². The van der Waals surface area contributed by atoms with Crippen LogP contribution in [0.15, 0.2) is 36.4 Å². The van der Waals surface area contributed by atoms with Gasteiger partial charge in [0, 0.05) is 46.0 Å². The maximum atomic E-state index is 12.4. The fraction of sp³-hybridized carbons (Fsp3) is 0.348. The molecule has 0 aliphatic heterocycles. The standard InChI is InChI=1S/C23H27N3O2S/c1-15-12-20(18(4)29-15)22(27)10-11-23(28)24-13-21-16(2)25-26(17(21)3)14-19-8-6-5-7-9-19/h5-9,12H,10-11,13-14H2,1-4H3,(H,24,28). The Bertz CT molecular complexity index is 1020. The molecule has 2 aromatic heterocycles. The number of nitrogens with zero attached hydrogens (tertiary/aromatic N) is 2. The molecule has 0 unspecified atom stereocenters. The van der Waals surface area contributed by atoms with Crippen LogP contribution in [0.1, 0.15) is 55.5 Å². The summed E-state index contributed by atoms with van der Waals surface area (Å²) < 4.78 is 1.97. The molecule has 0 saturated heterocycles. The Morgan fingerprint density at radius 2 is 1.79 bits per heavy atom. The number of aryl methyl sites for hydroxylation is 3. The van der Waals surface area contributed by atoms with Crippen LogP contribution in [0.2, 0.25) is 0 Å². The Balaban J connectivity index is 1.55. The monoisotopic (exact) mass is 409 g/mol. The zero-order chi connectivity index (χ0) is 21.0. The molecule has 5 nitrogen and oxygen atoms in total. The lowest BCUT2D eigenvalue weighted by Gasteiger charge is -2.07. The van der Waals surface area contributed by atoms with Gasteiger partial charge in [-0.15, -0.1) is 11.3 Å². The minimum Gasteiger partial charge on any atom is -0.352 e. The molecule has 3 rings (SSSR count). The molecule has 0 bridgehead atoms. The van der Waals surface area contributed by atoms with Crippen molar-refractivity contribution >= 4 is 23.0 Å². The molecule has 0 aliphatic rings. The molecule has 1 aromatic carbocycles. The van der Waals surface area contributed by atoms with E-state index in [1.54, 1.807) is 11.3 Å². The number of carbonyl (C=O) groups excluding carboxylic acids is 2. The molecular formula is C23H27N3O2S. The number of carbonyl (C=O) groups is 2. The number of ketones is 1. The molecule has 6 heteroatoms. The lowest BCUT2D eigenvalue weighted by Crippen LogP contribution is -2.24. The van der Waals surface area contributed by atoms with Crippen LogP contribution in [0.3, 0.4) is 0 Å². The second-order valence-electron chi connectivity index (χ2n) is 7.32. The molecule has 0 aliphatic carbocycles. The van der Waals surface area contributed by atoms with Gasteiger partial charge in [-0.25, -0.2) is 0 Å². The molecule has 152 valence electrons. The van der Waals surface area contributed by atoms with Crippen molar-refractivity contribution in [3.63, 3.8) is 0 Å².